The maximum Gasteiger partial charge on any atom is 0.247 e. The molecule has 0 aliphatic heterocycles. The number of carbonyl (C=O) groups is 1. The Kier molecular flexibility index (Phi) is 3.74. The lowest BCUT2D eigenvalue weighted by molar-refractivity contribution is -0.118. The maximum absolute atomic E-state index is 13.6. The van der Waals surface area contributed by atoms with Crippen molar-refractivity contribution >= 4 is 17.3 Å². The van der Waals surface area contributed by atoms with Gasteiger partial charge < -0.3 is 15.6 Å². The van der Waals surface area contributed by atoms with E-state index in [1.807, 2.05) is 13.8 Å². The van der Waals surface area contributed by atoms with Crippen LogP contribution < -0.4 is 11.1 Å². The molecule has 0 saturated carbocycles. The van der Waals surface area contributed by atoms with Gasteiger partial charge in [0.2, 0.25) is 5.91 Å². The monoisotopic (exact) mass is 276 g/mol. The smallest absolute Gasteiger partial charge is 0.247 e. The number of aryl methyl sites for hydroxylation is 1. The predicted molar refractivity (Wildman–Crippen MR) is 75.9 cm³/mol. The Morgan fingerprint density at radius 2 is 2.15 bits per heavy atom. The van der Waals surface area contributed by atoms with Crippen molar-refractivity contribution < 1.29 is 9.18 Å². The lowest BCUT2D eigenvalue weighted by Crippen LogP contribution is -2.24. The zero-order valence-electron chi connectivity index (χ0n) is 11.6. The van der Waals surface area contributed by atoms with Crippen LogP contribution in [0.15, 0.2) is 24.5 Å². The third-order valence-corrected chi connectivity index (χ3v) is 3.33. The number of hydrogen-bond acceptors (Lipinski definition) is 3. The van der Waals surface area contributed by atoms with Crippen LogP contribution in [-0.4, -0.2) is 15.5 Å². The SMILES string of the molecule is Cc1ncn(C(C)C(=O)Nc2cc(N)ccc2F)c1C. The quantitative estimate of drug-likeness (QED) is 0.846. The Bertz CT molecular complexity index is 651. The standard InChI is InChI=1S/C14H17FN4O/c1-8-9(2)19(7-17-8)10(3)14(20)18-13-6-11(16)4-5-12(13)15/h4-7,10H,16H2,1-3H3,(H,18,20). The molecule has 0 aliphatic rings. The number of carbonyl (C=O) groups excluding carboxylic acids is 1. The summed E-state index contributed by atoms with van der Waals surface area (Å²) in [7, 11) is 0. The third-order valence-electron chi connectivity index (χ3n) is 3.33. The van der Waals surface area contributed by atoms with Crippen LogP contribution in [0, 0.1) is 19.7 Å². The minimum Gasteiger partial charge on any atom is -0.399 e. The molecule has 0 bridgehead atoms. The van der Waals surface area contributed by atoms with Crippen LogP contribution in [0.1, 0.15) is 24.4 Å². The molecule has 1 unspecified atom stereocenters. The molecule has 1 aromatic heterocycles. The number of hydrogen-bond donors (Lipinski definition) is 2. The van der Waals surface area contributed by atoms with Gasteiger partial charge in [0.15, 0.2) is 0 Å². The number of amides is 1. The Balaban J connectivity index is 2.20. The fourth-order valence-electron chi connectivity index (χ4n) is 1.91. The number of nitrogens with one attached hydrogen (secondary N) is 1. The predicted octanol–water partition coefficient (Wildman–Crippen LogP) is 2.42. The average molecular weight is 276 g/mol. The van der Waals surface area contributed by atoms with Gasteiger partial charge in [0.25, 0.3) is 0 Å². The molecule has 6 heteroatoms. The highest BCUT2D eigenvalue weighted by atomic mass is 19.1. The number of benzene rings is 1. The van der Waals surface area contributed by atoms with Crippen LogP contribution in [0.25, 0.3) is 0 Å². The second-order valence-electron chi connectivity index (χ2n) is 4.73. The number of aromatic nitrogens is 2. The molecule has 3 N–H and O–H groups in total. The zero-order valence-corrected chi connectivity index (χ0v) is 11.6. The minimum atomic E-state index is -0.515. The van der Waals surface area contributed by atoms with E-state index < -0.39 is 11.9 Å². The second-order valence-corrected chi connectivity index (χ2v) is 4.73. The summed E-state index contributed by atoms with van der Waals surface area (Å²) in [5.74, 6) is -0.840. The molecule has 20 heavy (non-hydrogen) atoms. The van der Waals surface area contributed by atoms with Crippen molar-refractivity contribution in [1.29, 1.82) is 0 Å². The van der Waals surface area contributed by atoms with Crippen molar-refractivity contribution in [3.63, 3.8) is 0 Å². The van der Waals surface area contributed by atoms with Crippen LogP contribution in [0.5, 0.6) is 0 Å². The fraction of sp³-hybridized carbons (Fsp3) is 0.286. The number of halogens is 1. The number of nitrogens with zero attached hydrogens (tertiary/aromatic N) is 2. The summed E-state index contributed by atoms with van der Waals surface area (Å²) in [5, 5.41) is 2.54. The number of rotatable bonds is 3. The van der Waals surface area contributed by atoms with Gasteiger partial charge >= 0.3 is 0 Å². The Morgan fingerprint density at radius 3 is 2.75 bits per heavy atom. The molecule has 0 radical (unpaired) electrons. The summed E-state index contributed by atoms with van der Waals surface area (Å²) in [5.41, 5.74) is 7.82. The van der Waals surface area contributed by atoms with Crippen LogP contribution in [0.4, 0.5) is 15.8 Å². The van der Waals surface area contributed by atoms with E-state index in [-0.39, 0.29) is 11.6 Å². The van der Waals surface area contributed by atoms with E-state index >= 15 is 0 Å². The number of nitrogens with two attached hydrogens (primary N) is 1. The van der Waals surface area contributed by atoms with E-state index in [1.54, 1.807) is 17.8 Å². The maximum atomic E-state index is 13.6. The molecule has 106 valence electrons. The molecular weight excluding hydrogens is 259 g/mol. The fourth-order valence-corrected chi connectivity index (χ4v) is 1.91. The minimum absolute atomic E-state index is 0.0799. The van der Waals surface area contributed by atoms with E-state index in [9.17, 15) is 9.18 Å². The van der Waals surface area contributed by atoms with Gasteiger partial charge in [-0.15, -0.1) is 0 Å². The van der Waals surface area contributed by atoms with E-state index in [2.05, 4.69) is 10.3 Å². The van der Waals surface area contributed by atoms with E-state index in [0.717, 1.165) is 11.4 Å². The van der Waals surface area contributed by atoms with Gasteiger partial charge in [-0.3, -0.25) is 4.79 Å². The van der Waals surface area contributed by atoms with Crippen LogP contribution in [0.2, 0.25) is 0 Å². The molecule has 0 aliphatic carbocycles. The van der Waals surface area contributed by atoms with Crippen molar-refractivity contribution in [2.45, 2.75) is 26.8 Å². The van der Waals surface area contributed by atoms with Crippen molar-refractivity contribution in [2.75, 3.05) is 11.1 Å². The summed E-state index contributed by atoms with van der Waals surface area (Å²) in [6, 6.07) is 3.57. The van der Waals surface area contributed by atoms with E-state index in [1.165, 1.54) is 18.2 Å². The van der Waals surface area contributed by atoms with Crippen LogP contribution in [0.3, 0.4) is 0 Å². The van der Waals surface area contributed by atoms with Crippen molar-refractivity contribution in [3.05, 3.63) is 41.7 Å². The highest BCUT2D eigenvalue weighted by Gasteiger charge is 2.18. The highest BCUT2D eigenvalue weighted by molar-refractivity contribution is 5.94. The Morgan fingerprint density at radius 1 is 1.45 bits per heavy atom. The summed E-state index contributed by atoms with van der Waals surface area (Å²) < 4.78 is 15.3. The zero-order chi connectivity index (χ0) is 14.9. The van der Waals surface area contributed by atoms with E-state index in [0.29, 0.717) is 5.69 Å². The summed E-state index contributed by atoms with van der Waals surface area (Å²) >= 11 is 0. The molecule has 5 nitrogen and oxygen atoms in total. The topological polar surface area (TPSA) is 72.9 Å². The molecule has 2 rings (SSSR count). The van der Waals surface area contributed by atoms with Crippen LogP contribution >= 0.6 is 0 Å². The highest BCUT2D eigenvalue weighted by Crippen LogP contribution is 2.20. The first-order valence-corrected chi connectivity index (χ1v) is 6.26. The number of imidazole rings is 1. The molecule has 1 amide bonds. The Labute approximate surface area is 116 Å². The van der Waals surface area contributed by atoms with Gasteiger partial charge in [0.1, 0.15) is 11.9 Å². The number of nitrogen functional groups attached to an aromatic ring is 1. The van der Waals surface area contributed by atoms with Crippen molar-refractivity contribution in [2.24, 2.45) is 0 Å². The van der Waals surface area contributed by atoms with Gasteiger partial charge in [0, 0.05) is 11.4 Å². The van der Waals surface area contributed by atoms with Crippen molar-refractivity contribution in [1.82, 2.24) is 9.55 Å². The first-order valence-electron chi connectivity index (χ1n) is 6.26. The molecule has 0 saturated heterocycles. The van der Waals surface area contributed by atoms with Gasteiger partial charge in [0.05, 0.1) is 17.7 Å². The van der Waals surface area contributed by atoms with Crippen LogP contribution in [-0.2, 0) is 4.79 Å². The molecular formula is C14H17FN4O. The average Bonchev–Trinajstić information content (AvgIpc) is 2.73. The van der Waals surface area contributed by atoms with Gasteiger partial charge in [-0.1, -0.05) is 0 Å². The second kappa shape index (κ2) is 5.32. The molecule has 0 fully saturated rings. The van der Waals surface area contributed by atoms with Gasteiger partial charge in [-0.2, -0.15) is 0 Å². The lowest BCUT2D eigenvalue weighted by atomic mass is 10.2. The molecule has 0 spiro atoms. The molecule has 1 heterocycles. The largest absolute Gasteiger partial charge is 0.399 e. The molecule has 1 atom stereocenters. The van der Waals surface area contributed by atoms with Gasteiger partial charge in [-0.25, -0.2) is 9.37 Å². The first kappa shape index (κ1) is 14.0. The normalized spacial score (nSPS) is 12.2. The van der Waals surface area contributed by atoms with E-state index in [4.69, 9.17) is 5.73 Å². The first-order chi connectivity index (χ1) is 9.40. The molecule has 1 aromatic carbocycles. The summed E-state index contributed by atoms with van der Waals surface area (Å²) in [6.07, 6.45) is 1.60. The summed E-state index contributed by atoms with van der Waals surface area (Å²) in [4.78, 5) is 16.3. The van der Waals surface area contributed by atoms with Crippen molar-refractivity contribution in [3.8, 4) is 0 Å². The third kappa shape index (κ3) is 2.64. The lowest BCUT2D eigenvalue weighted by Gasteiger charge is -2.16. The Hall–Kier alpha value is -2.37. The number of anilines is 2. The van der Waals surface area contributed by atoms with Gasteiger partial charge in [-0.05, 0) is 39.0 Å². The molecule has 2 aromatic rings. The summed E-state index contributed by atoms with van der Waals surface area (Å²) in [6.45, 7) is 5.48.